The van der Waals surface area contributed by atoms with Crippen LogP contribution in [0.25, 0.3) is 6.08 Å². The Labute approximate surface area is 113 Å². The predicted molar refractivity (Wildman–Crippen MR) is 73.9 cm³/mol. The Morgan fingerprint density at radius 2 is 2.05 bits per heavy atom. The summed E-state index contributed by atoms with van der Waals surface area (Å²) in [5.74, 6) is -0.647. The van der Waals surface area contributed by atoms with E-state index in [2.05, 4.69) is 4.90 Å². The molecule has 0 atom stereocenters. The maximum absolute atomic E-state index is 10.8. The van der Waals surface area contributed by atoms with E-state index in [9.17, 15) is 9.90 Å². The van der Waals surface area contributed by atoms with E-state index >= 15 is 0 Å². The fourth-order valence-electron chi connectivity index (χ4n) is 2.32. The topological polar surface area (TPSA) is 60.8 Å². The predicted octanol–water partition coefficient (Wildman–Crippen LogP) is 2.48. The molecule has 102 valence electrons. The average molecular weight is 261 g/mol. The third kappa shape index (κ3) is 3.58. The molecular formula is C15H19NO3. The molecule has 1 aliphatic heterocycles. The quantitative estimate of drug-likeness (QED) is 0.817. The number of phenolic OH excluding ortho intramolecular Hbond substituents is 1. The SMILES string of the molecule is CC(=Cc1ccc(O)c(CN2CCCC2)c1)C(=O)O. The van der Waals surface area contributed by atoms with Crippen LogP contribution in [0.2, 0.25) is 0 Å². The maximum Gasteiger partial charge on any atom is 0.331 e. The molecule has 0 amide bonds. The van der Waals surface area contributed by atoms with Crippen molar-refractivity contribution in [1.29, 1.82) is 0 Å². The average Bonchev–Trinajstić information content (AvgIpc) is 2.86. The minimum Gasteiger partial charge on any atom is -0.508 e. The molecule has 1 heterocycles. The van der Waals surface area contributed by atoms with Gasteiger partial charge in [0.15, 0.2) is 0 Å². The van der Waals surface area contributed by atoms with Crippen LogP contribution in [0, 0.1) is 0 Å². The van der Waals surface area contributed by atoms with Crippen molar-refractivity contribution in [3.05, 3.63) is 34.9 Å². The van der Waals surface area contributed by atoms with Gasteiger partial charge >= 0.3 is 5.97 Å². The van der Waals surface area contributed by atoms with Crippen molar-refractivity contribution in [2.75, 3.05) is 13.1 Å². The molecule has 1 saturated heterocycles. The Kier molecular flexibility index (Phi) is 4.22. The molecule has 0 saturated carbocycles. The number of rotatable bonds is 4. The molecule has 0 spiro atoms. The van der Waals surface area contributed by atoms with Crippen LogP contribution in [0.4, 0.5) is 0 Å². The highest BCUT2D eigenvalue weighted by atomic mass is 16.4. The van der Waals surface area contributed by atoms with Crippen molar-refractivity contribution in [1.82, 2.24) is 4.90 Å². The standard InChI is InChI=1S/C15H19NO3/c1-11(15(18)19)8-12-4-5-14(17)13(9-12)10-16-6-2-3-7-16/h4-5,8-9,17H,2-3,6-7,10H2,1H3,(H,18,19). The molecule has 1 aromatic carbocycles. The lowest BCUT2D eigenvalue weighted by molar-refractivity contribution is -0.132. The summed E-state index contributed by atoms with van der Waals surface area (Å²) >= 11 is 0. The summed E-state index contributed by atoms with van der Waals surface area (Å²) in [6.45, 7) is 4.41. The van der Waals surface area contributed by atoms with E-state index < -0.39 is 5.97 Å². The summed E-state index contributed by atoms with van der Waals surface area (Å²) in [4.78, 5) is 13.1. The lowest BCUT2D eigenvalue weighted by Gasteiger charge is -2.15. The molecule has 4 nitrogen and oxygen atoms in total. The van der Waals surface area contributed by atoms with Crippen LogP contribution in [-0.2, 0) is 11.3 Å². The molecule has 19 heavy (non-hydrogen) atoms. The second-order valence-electron chi connectivity index (χ2n) is 5.00. The molecule has 4 heteroatoms. The van der Waals surface area contributed by atoms with Gasteiger partial charge in [0, 0.05) is 17.7 Å². The van der Waals surface area contributed by atoms with E-state index in [1.807, 2.05) is 6.07 Å². The normalized spacial score (nSPS) is 16.8. The lowest BCUT2D eigenvalue weighted by Crippen LogP contribution is -2.18. The summed E-state index contributed by atoms with van der Waals surface area (Å²) in [6.07, 6.45) is 4.03. The van der Waals surface area contributed by atoms with Gasteiger partial charge in [-0.1, -0.05) is 6.07 Å². The van der Waals surface area contributed by atoms with Gasteiger partial charge in [0.2, 0.25) is 0 Å². The third-order valence-corrected chi connectivity index (χ3v) is 3.42. The zero-order valence-corrected chi connectivity index (χ0v) is 11.1. The molecule has 1 aromatic rings. The van der Waals surface area contributed by atoms with E-state index in [1.165, 1.54) is 12.8 Å². The number of hydrogen-bond acceptors (Lipinski definition) is 3. The van der Waals surface area contributed by atoms with Crippen molar-refractivity contribution < 1.29 is 15.0 Å². The summed E-state index contributed by atoms with van der Waals surface area (Å²) in [5, 5.41) is 18.7. The molecule has 0 aromatic heterocycles. The zero-order valence-electron chi connectivity index (χ0n) is 11.1. The van der Waals surface area contributed by atoms with Crippen molar-refractivity contribution in [3.8, 4) is 5.75 Å². The van der Waals surface area contributed by atoms with Gasteiger partial charge in [0.25, 0.3) is 0 Å². The van der Waals surface area contributed by atoms with Gasteiger partial charge in [-0.05, 0) is 56.6 Å². The highest BCUT2D eigenvalue weighted by molar-refractivity contribution is 5.91. The number of carboxylic acid groups (broad SMARTS) is 1. The summed E-state index contributed by atoms with van der Waals surface area (Å²) in [6, 6.07) is 5.22. The minimum absolute atomic E-state index is 0.275. The van der Waals surface area contributed by atoms with Crippen molar-refractivity contribution >= 4 is 12.0 Å². The van der Waals surface area contributed by atoms with E-state index in [4.69, 9.17) is 5.11 Å². The monoisotopic (exact) mass is 261 g/mol. The number of likely N-dealkylation sites (tertiary alicyclic amines) is 1. The highest BCUT2D eigenvalue weighted by Crippen LogP contribution is 2.23. The molecular weight excluding hydrogens is 242 g/mol. The first-order valence-electron chi connectivity index (χ1n) is 6.52. The number of aromatic hydroxyl groups is 1. The van der Waals surface area contributed by atoms with Gasteiger partial charge < -0.3 is 10.2 Å². The van der Waals surface area contributed by atoms with Gasteiger partial charge in [-0.3, -0.25) is 4.90 Å². The van der Waals surface area contributed by atoms with Crippen LogP contribution in [0.5, 0.6) is 5.75 Å². The number of carbonyl (C=O) groups is 1. The van der Waals surface area contributed by atoms with Crippen LogP contribution in [0.15, 0.2) is 23.8 Å². The Morgan fingerprint density at radius 3 is 2.68 bits per heavy atom. The summed E-state index contributed by atoms with van der Waals surface area (Å²) in [7, 11) is 0. The number of carboxylic acids is 1. The molecule has 1 aliphatic rings. The third-order valence-electron chi connectivity index (χ3n) is 3.42. The Balaban J connectivity index is 2.19. The lowest BCUT2D eigenvalue weighted by atomic mass is 10.1. The maximum atomic E-state index is 10.8. The summed E-state index contributed by atoms with van der Waals surface area (Å²) < 4.78 is 0. The van der Waals surface area contributed by atoms with Crippen molar-refractivity contribution in [2.45, 2.75) is 26.3 Å². The zero-order chi connectivity index (χ0) is 13.8. The molecule has 0 unspecified atom stereocenters. The number of nitrogens with zero attached hydrogens (tertiary/aromatic N) is 1. The highest BCUT2D eigenvalue weighted by Gasteiger charge is 2.14. The van der Waals surface area contributed by atoms with Gasteiger partial charge in [-0.2, -0.15) is 0 Å². The van der Waals surface area contributed by atoms with Crippen molar-refractivity contribution in [3.63, 3.8) is 0 Å². The van der Waals surface area contributed by atoms with Crippen LogP contribution in [0.1, 0.15) is 30.9 Å². The second kappa shape index (κ2) is 5.89. The van der Waals surface area contributed by atoms with Gasteiger partial charge in [0.05, 0.1) is 0 Å². The minimum atomic E-state index is -0.922. The first-order chi connectivity index (χ1) is 9.06. The first-order valence-corrected chi connectivity index (χ1v) is 6.52. The smallest absolute Gasteiger partial charge is 0.331 e. The van der Waals surface area contributed by atoms with E-state index in [0.29, 0.717) is 0 Å². The molecule has 2 N–H and O–H groups in total. The van der Waals surface area contributed by atoms with E-state index in [0.717, 1.165) is 30.8 Å². The molecule has 2 rings (SSSR count). The number of hydrogen-bond donors (Lipinski definition) is 2. The molecule has 1 fully saturated rings. The largest absolute Gasteiger partial charge is 0.508 e. The molecule has 0 bridgehead atoms. The fourth-order valence-corrected chi connectivity index (χ4v) is 2.32. The van der Waals surface area contributed by atoms with Crippen LogP contribution >= 0.6 is 0 Å². The van der Waals surface area contributed by atoms with Crippen LogP contribution in [-0.4, -0.2) is 34.2 Å². The van der Waals surface area contributed by atoms with Gasteiger partial charge in [0.1, 0.15) is 5.75 Å². The van der Waals surface area contributed by atoms with Crippen LogP contribution < -0.4 is 0 Å². The Bertz CT molecular complexity index is 502. The molecule has 0 radical (unpaired) electrons. The molecule has 0 aliphatic carbocycles. The van der Waals surface area contributed by atoms with Crippen molar-refractivity contribution in [2.24, 2.45) is 0 Å². The number of aliphatic carboxylic acids is 1. The van der Waals surface area contributed by atoms with Gasteiger partial charge in [-0.25, -0.2) is 4.79 Å². The van der Waals surface area contributed by atoms with E-state index in [1.54, 1.807) is 25.1 Å². The fraction of sp³-hybridized carbons (Fsp3) is 0.400. The first kappa shape index (κ1) is 13.6. The second-order valence-corrected chi connectivity index (χ2v) is 5.00. The number of phenols is 1. The Hall–Kier alpha value is -1.81. The van der Waals surface area contributed by atoms with Crippen LogP contribution in [0.3, 0.4) is 0 Å². The summed E-state index contributed by atoms with van der Waals surface area (Å²) in [5.41, 5.74) is 1.96. The Morgan fingerprint density at radius 1 is 1.37 bits per heavy atom. The van der Waals surface area contributed by atoms with E-state index in [-0.39, 0.29) is 11.3 Å². The van der Waals surface area contributed by atoms with Gasteiger partial charge in [-0.15, -0.1) is 0 Å². The number of benzene rings is 1.